The highest BCUT2D eigenvalue weighted by atomic mass is 16.5. The zero-order valence-electron chi connectivity index (χ0n) is 10.2. The number of hydrogen-bond acceptors (Lipinski definition) is 2. The van der Waals surface area contributed by atoms with Crippen molar-refractivity contribution in [3.63, 3.8) is 0 Å². The van der Waals surface area contributed by atoms with Gasteiger partial charge in [0.25, 0.3) is 0 Å². The first-order valence-corrected chi connectivity index (χ1v) is 6.12. The third-order valence-electron chi connectivity index (χ3n) is 3.38. The Morgan fingerprint density at radius 3 is 2.39 bits per heavy atom. The Labute approximate surface area is 106 Å². The van der Waals surface area contributed by atoms with E-state index in [4.69, 9.17) is 4.74 Å². The molecule has 2 atom stereocenters. The van der Waals surface area contributed by atoms with E-state index in [1.54, 1.807) is 0 Å². The summed E-state index contributed by atoms with van der Waals surface area (Å²) >= 11 is 0. The van der Waals surface area contributed by atoms with Crippen LogP contribution in [0, 0.1) is 0 Å². The van der Waals surface area contributed by atoms with Crippen molar-refractivity contribution < 1.29 is 9.53 Å². The number of fused-ring (bicyclic) bond motifs is 1. The van der Waals surface area contributed by atoms with Crippen LogP contribution in [-0.4, -0.2) is 11.9 Å². The van der Waals surface area contributed by atoms with Crippen LogP contribution < -0.4 is 4.74 Å². The summed E-state index contributed by atoms with van der Waals surface area (Å²) in [5.41, 5.74) is 1.70. The van der Waals surface area contributed by atoms with Crippen molar-refractivity contribution in [3.05, 3.63) is 65.7 Å². The molecule has 0 N–H and O–H groups in total. The van der Waals surface area contributed by atoms with Crippen LogP contribution in [0.4, 0.5) is 0 Å². The molecule has 0 saturated carbocycles. The van der Waals surface area contributed by atoms with Gasteiger partial charge in [-0.3, -0.25) is 4.79 Å². The fraction of sp³-hybridized carbons (Fsp3) is 0.188. The SMILES string of the molecule is CC1Oc2ccccc2C(=O)C1c1ccccc1. The summed E-state index contributed by atoms with van der Waals surface area (Å²) in [5.74, 6) is 0.638. The summed E-state index contributed by atoms with van der Waals surface area (Å²) in [6, 6.07) is 17.3. The predicted molar refractivity (Wildman–Crippen MR) is 70.0 cm³/mol. The predicted octanol–water partition coefficient (Wildman–Crippen LogP) is 3.43. The van der Waals surface area contributed by atoms with E-state index in [2.05, 4.69) is 0 Å². The van der Waals surface area contributed by atoms with E-state index in [-0.39, 0.29) is 17.8 Å². The van der Waals surface area contributed by atoms with Crippen LogP contribution in [0.15, 0.2) is 54.6 Å². The topological polar surface area (TPSA) is 26.3 Å². The van der Waals surface area contributed by atoms with Crippen molar-refractivity contribution in [2.45, 2.75) is 18.9 Å². The van der Waals surface area contributed by atoms with Gasteiger partial charge in [-0.05, 0) is 24.6 Å². The van der Waals surface area contributed by atoms with Gasteiger partial charge in [0.1, 0.15) is 11.9 Å². The van der Waals surface area contributed by atoms with Gasteiger partial charge in [0.15, 0.2) is 5.78 Å². The van der Waals surface area contributed by atoms with Crippen LogP contribution >= 0.6 is 0 Å². The molecule has 0 aromatic heterocycles. The molecule has 2 unspecified atom stereocenters. The van der Waals surface area contributed by atoms with Gasteiger partial charge >= 0.3 is 0 Å². The van der Waals surface area contributed by atoms with E-state index >= 15 is 0 Å². The fourth-order valence-electron chi connectivity index (χ4n) is 2.50. The Balaban J connectivity index is 2.06. The summed E-state index contributed by atoms with van der Waals surface area (Å²) in [6.07, 6.45) is -0.130. The highest BCUT2D eigenvalue weighted by Crippen LogP contribution is 2.35. The molecule has 0 aliphatic carbocycles. The summed E-state index contributed by atoms with van der Waals surface area (Å²) in [7, 11) is 0. The van der Waals surface area contributed by atoms with Gasteiger partial charge in [-0.2, -0.15) is 0 Å². The van der Waals surface area contributed by atoms with Gasteiger partial charge < -0.3 is 4.74 Å². The molecular formula is C16H14O2. The second-order valence-electron chi connectivity index (χ2n) is 4.57. The van der Waals surface area contributed by atoms with Crippen LogP contribution in [0.2, 0.25) is 0 Å². The molecule has 0 radical (unpaired) electrons. The minimum atomic E-state index is -0.207. The molecule has 3 rings (SSSR count). The summed E-state index contributed by atoms with van der Waals surface area (Å²) in [4.78, 5) is 12.5. The van der Waals surface area contributed by atoms with Gasteiger partial charge in [0.05, 0.1) is 11.5 Å². The molecule has 1 aliphatic rings. The molecular weight excluding hydrogens is 224 g/mol. The van der Waals surface area contributed by atoms with E-state index in [1.807, 2.05) is 61.5 Å². The Kier molecular flexibility index (Phi) is 2.63. The highest BCUT2D eigenvalue weighted by Gasteiger charge is 2.35. The van der Waals surface area contributed by atoms with Crippen LogP contribution in [0.1, 0.15) is 28.8 Å². The molecule has 0 fully saturated rings. The zero-order chi connectivity index (χ0) is 12.5. The van der Waals surface area contributed by atoms with Gasteiger partial charge in [-0.1, -0.05) is 42.5 Å². The van der Waals surface area contributed by atoms with Crippen LogP contribution in [0.5, 0.6) is 5.75 Å². The second kappa shape index (κ2) is 4.30. The van der Waals surface area contributed by atoms with Crippen molar-refractivity contribution in [2.24, 2.45) is 0 Å². The molecule has 1 heterocycles. The van der Waals surface area contributed by atoms with Crippen molar-refractivity contribution in [3.8, 4) is 5.75 Å². The normalized spacial score (nSPS) is 22.2. The first-order chi connectivity index (χ1) is 8.77. The van der Waals surface area contributed by atoms with Gasteiger partial charge in [-0.15, -0.1) is 0 Å². The molecule has 0 bridgehead atoms. The number of carbonyl (C=O) groups is 1. The molecule has 0 amide bonds. The van der Waals surface area contributed by atoms with E-state index in [0.717, 1.165) is 5.56 Å². The number of rotatable bonds is 1. The lowest BCUT2D eigenvalue weighted by Gasteiger charge is -2.30. The minimum Gasteiger partial charge on any atom is -0.489 e. The van der Waals surface area contributed by atoms with Crippen LogP contribution in [-0.2, 0) is 0 Å². The Bertz CT molecular complexity index is 575. The largest absolute Gasteiger partial charge is 0.489 e. The quantitative estimate of drug-likeness (QED) is 0.760. The lowest BCUT2D eigenvalue weighted by Crippen LogP contribution is -2.33. The molecule has 0 saturated heterocycles. The third-order valence-corrected chi connectivity index (χ3v) is 3.38. The van der Waals surface area contributed by atoms with Gasteiger partial charge in [0, 0.05) is 0 Å². The van der Waals surface area contributed by atoms with Crippen LogP contribution in [0.3, 0.4) is 0 Å². The highest BCUT2D eigenvalue weighted by molar-refractivity contribution is 6.04. The minimum absolute atomic E-state index is 0.130. The molecule has 18 heavy (non-hydrogen) atoms. The number of benzene rings is 2. The van der Waals surface area contributed by atoms with Crippen molar-refractivity contribution in [2.75, 3.05) is 0 Å². The first kappa shape index (κ1) is 11.0. The van der Waals surface area contributed by atoms with Crippen molar-refractivity contribution >= 4 is 5.78 Å². The molecule has 2 aromatic rings. The van der Waals surface area contributed by atoms with E-state index < -0.39 is 0 Å². The number of carbonyl (C=O) groups excluding carboxylic acids is 1. The Hall–Kier alpha value is -2.09. The maximum Gasteiger partial charge on any atom is 0.177 e. The number of ether oxygens (including phenoxy) is 1. The average molecular weight is 238 g/mol. The first-order valence-electron chi connectivity index (χ1n) is 6.12. The van der Waals surface area contributed by atoms with Crippen LogP contribution in [0.25, 0.3) is 0 Å². The second-order valence-corrected chi connectivity index (χ2v) is 4.57. The summed E-state index contributed by atoms with van der Waals surface area (Å²) in [6.45, 7) is 1.95. The molecule has 0 spiro atoms. The molecule has 1 aliphatic heterocycles. The van der Waals surface area contributed by atoms with Gasteiger partial charge in [0.2, 0.25) is 0 Å². The maximum atomic E-state index is 12.5. The summed E-state index contributed by atoms with van der Waals surface area (Å²) < 4.78 is 5.85. The zero-order valence-corrected chi connectivity index (χ0v) is 10.2. The molecule has 2 nitrogen and oxygen atoms in total. The number of Topliss-reactive ketones (excluding diaryl/α,β-unsaturated/α-hetero) is 1. The standard InChI is InChI=1S/C16H14O2/c1-11-15(12-7-3-2-4-8-12)16(17)13-9-5-6-10-14(13)18-11/h2-11,15H,1H3. The Morgan fingerprint density at radius 1 is 0.944 bits per heavy atom. The lowest BCUT2D eigenvalue weighted by molar-refractivity contribution is 0.0810. The third kappa shape index (κ3) is 1.70. The van der Waals surface area contributed by atoms with Crippen molar-refractivity contribution in [1.82, 2.24) is 0 Å². The number of para-hydroxylation sites is 1. The number of hydrogen-bond donors (Lipinski definition) is 0. The van der Waals surface area contributed by atoms with E-state index in [1.165, 1.54) is 0 Å². The lowest BCUT2D eigenvalue weighted by atomic mass is 9.84. The summed E-state index contributed by atoms with van der Waals surface area (Å²) in [5, 5.41) is 0. The number of ketones is 1. The maximum absolute atomic E-state index is 12.5. The molecule has 2 heteroatoms. The average Bonchev–Trinajstić information content (AvgIpc) is 2.40. The smallest absolute Gasteiger partial charge is 0.177 e. The monoisotopic (exact) mass is 238 g/mol. The van der Waals surface area contributed by atoms with Crippen molar-refractivity contribution in [1.29, 1.82) is 0 Å². The van der Waals surface area contributed by atoms with Gasteiger partial charge in [-0.25, -0.2) is 0 Å². The van der Waals surface area contributed by atoms with E-state index in [0.29, 0.717) is 11.3 Å². The molecule has 90 valence electrons. The van der Waals surface area contributed by atoms with E-state index in [9.17, 15) is 4.79 Å². The fourth-order valence-corrected chi connectivity index (χ4v) is 2.50. The Morgan fingerprint density at radius 2 is 1.61 bits per heavy atom. The molecule has 2 aromatic carbocycles.